The fraction of sp³-hybridized carbons (Fsp3) is 0.133. The Morgan fingerprint density at radius 3 is 2.50 bits per heavy atom. The molecular weight excluding hydrogens is 305 g/mol. The average molecular weight is 318 g/mol. The number of aromatic nitrogens is 1. The molecule has 18 heavy (non-hydrogen) atoms. The third-order valence-corrected chi connectivity index (χ3v) is 6.60. The number of thiazole rings is 1. The van der Waals surface area contributed by atoms with E-state index in [4.69, 9.17) is 4.98 Å². The van der Waals surface area contributed by atoms with Crippen LogP contribution in [0, 0.1) is 0 Å². The Morgan fingerprint density at radius 1 is 1.00 bits per heavy atom. The number of benzene rings is 2. The van der Waals surface area contributed by atoms with Crippen molar-refractivity contribution in [2.45, 2.75) is 11.7 Å². The molecule has 1 atom stereocenters. The van der Waals surface area contributed by atoms with E-state index in [1.807, 2.05) is 11.3 Å². The number of hydrogen-bond donors (Lipinski definition) is 0. The summed E-state index contributed by atoms with van der Waals surface area (Å²) in [6.07, 6.45) is 0. The van der Waals surface area contributed by atoms with Crippen LogP contribution in [0.2, 0.25) is 0 Å². The van der Waals surface area contributed by atoms with Crippen molar-refractivity contribution in [1.29, 1.82) is 0 Å². The zero-order valence-corrected chi connectivity index (χ0v) is 12.6. The summed E-state index contributed by atoms with van der Waals surface area (Å²) in [5.74, 6) is 0. The first-order chi connectivity index (χ1) is 8.83. The van der Waals surface area contributed by atoms with Gasteiger partial charge in [-0.25, -0.2) is 0 Å². The molecule has 0 aliphatic carbocycles. The fourth-order valence-electron chi connectivity index (χ4n) is 1.84. The predicted octanol–water partition coefficient (Wildman–Crippen LogP) is 3.39. The van der Waals surface area contributed by atoms with Gasteiger partial charge in [0.2, 0.25) is 0 Å². The molecule has 3 rings (SSSR count). The first kappa shape index (κ1) is 11.9. The van der Waals surface area contributed by atoms with Gasteiger partial charge < -0.3 is 0 Å². The second-order valence-corrected chi connectivity index (χ2v) is 8.52. The monoisotopic (exact) mass is 319 g/mol. The standard InChI is InChI=1S/C15H13NSSe/c1-11(12-7-3-2-4-8-12)18-15-16-13-9-5-6-10-14(13)17-15/h2-11H,1H3. The molecule has 0 aliphatic rings. The molecule has 0 N–H and O–H groups in total. The van der Waals surface area contributed by atoms with Gasteiger partial charge in [-0.1, -0.05) is 0 Å². The Kier molecular flexibility index (Phi) is 3.46. The molecule has 1 heterocycles. The van der Waals surface area contributed by atoms with Gasteiger partial charge >= 0.3 is 117 Å². The minimum atomic E-state index is 0.408. The molecule has 0 spiro atoms. The third kappa shape index (κ3) is 2.49. The SMILES string of the molecule is CC([Se]c1nc2ccccc2s1)c1ccccc1. The Balaban J connectivity index is 1.84. The Bertz CT molecular complexity index is 615. The zero-order chi connectivity index (χ0) is 12.4. The van der Waals surface area contributed by atoms with Gasteiger partial charge in [0.05, 0.1) is 0 Å². The molecular formula is C15H13NSSe. The van der Waals surface area contributed by atoms with Crippen LogP contribution >= 0.6 is 11.3 Å². The Morgan fingerprint density at radius 2 is 1.72 bits per heavy atom. The van der Waals surface area contributed by atoms with Crippen LogP contribution in [-0.2, 0) is 0 Å². The van der Waals surface area contributed by atoms with Gasteiger partial charge in [-0.15, -0.1) is 0 Å². The van der Waals surface area contributed by atoms with Gasteiger partial charge in [-0.3, -0.25) is 0 Å². The first-order valence-electron chi connectivity index (χ1n) is 5.90. The van der Waals surface area contributed by atoms with Crippen molar-refractivity contribution in [3.05, 3.63) is 60.2 Å². The molecule has 0 fully saturated rings. The molecule has 0 aliphatic heterocycles. The molecule has 0 saturated heterocycles. The number of para-hydroxylation sites is 1. The molecule has 3 aromatic rings. The van der Waals surface area contributed by atoms with Gasteiger partial charge in [-0.2, -0.15) is 0 Å². The molecule has 2 aromatic carbocycles. The number of nitrogens with zero attached hydrogens (tertiary/aromatic N) is 1. The van der Waals surface area contributed by atoms with Gasteiger partial charge in [0.15, 0.2) is 0 Å². The summed E-state index contributed by atoms with van der Waals surface area (Å²) in [4.78, 5) is 5.31. The van der Waals surface area contributed by atoms with Gasteiger partial charge in [0.25, 0.3) is 0 Å². The summed E-state index contributed by atoms with van der Waals surface area (Å²) in [6, 6.07) is 19.1. The summed E-state index contributed by atoms with van der Waals surface area (Å²) in [6.45, 7) is 2.29. The second-order valence-electron chi connectivity index (χ2n) is 4.12. The molecule has 0 amide bonds. The topological polar surface area (TPSA) is 12.9 Å². The van der Waals surface area contributed by atoms with E-state index in [9.17, 15) is 0 Å². The zero-order valence-electron chi connectivity index (χ0n) is 10.0. The number of hydrogen-bond acceptors (Lipinski definition) is 2. The molecule has 1 nitrogen and oxygen atoms in total. The maximum absolute atomic E-state index is 4.72. The van der Waals surface area contributed by atoms with Crippen molar-refractivity contribution in [2.24, 2.45) is 0 Å². The quantitative estimate of drug-likeness (QED) is 0.675. The Labute approximate surface area is 117 Å². The molecule has 0 radical (unpaired) electrons. The van der Waals surface area contributed by atoms with Gasteiger partial charge in [0, 0.05) is 0 Å². The summed E-state index contributed by atoms with van der Waals surface area (Å²) in [5.41, 5.74) is 2.55. The van der Waals surface area contributed by atoms with E-state index in [0.29, 0.717) is 19.8 Å². The molecule has 90 valence electrons. The molecule has 0 bridgehead atoms. The first-order valence-corrected chi connectivity index (χ1v) is 8.56. The van der Waals surface area contributed by atoms with Crippen LogP contribution in [0.3, 0.4) is 0 Å². The van der Waals surface area contributed by atoms with E-state index >= 15 is 0 Å². The van der Waals surface area contributed by atoms with E-state index in [1.54, 1.807) is 0 Å². The van der Waals surface area contributed by atoms with Crippen LogP contribution in [0.1, 0.15) is 17.3 Å². The summed E-state index contributed by atoms with van der Waals surface area (Å²) in [7, 11) is 0. The normalized spacial score (nSPS) is 12.7. The number of fused-ring (bicyclic) bond motifs is 1. The van der Waals surface area contributed by atoms with Crippen molar-refractivity contribution in [1.82, 2.24) is 4.98 Å². The van der Waals surface area contributed by atoms with Gasteiger partial charge in [-0.05, 0) is 0 Å². The molecule has 3 heteroatoms. The van der Waals surface area contributed by atoms with E-state index in [1.165, 1.54) is 14.2 Å². The van der Waals surface area contributed by atoms with Crippen LogP contribution < -0.4 is 3.91 Å². The van der Waals surface area contributed by atoms with Crippen LogP contribution in [0.25, 0.3) is 10.2 Å². The summed E-state index contributed by atoms with van der Waals surface area (Å²) >= 11 is 2.24. The second kappa shape index (κ2) is 5.23. The summed E-state index contributed by atoms with van der Waals surface area (Å²) in [5, 5.41) is 0. The van der Waals surface area contributed by atoms with E-state index in [0.717, 1.165) is 5.52 Å². The van der Waals surface area contributed by atoms with E-state index in [2.05, 4.69) is 61.5 Å². The fourth-order valence-corrected chi connectivity index (χ4v) is 5.77. The van der Waals surface area contributed by atoms with E-state index < -0.39 is 0 Å². The van der Waals surface area contributed by atoms with Crippen LogP contribution in [-0.4, -0.2) is 19.9 Å². The molecule has 1 aromatic heterocycles. The maximum atomic E-state index is 4.72. The summed E-state index contributed by atoms with van der Waals surface area (Å²) < 4.78 is 2.59. The van der Waals surface area contributed by atoms with Gasteiger partial charge in [0.1, 0.15) is 0 Å². The molecule has 1 unspecified atom stereocenters. The molecule has 0 saturated carbocycles. The van der Waals surface area contributed by atoms with Crippen LogP contribution in [0.4, 0.5) is 0 Å². The predicted molar refractivity (Wildman–Crippen MR) is 79.9 cm³/mol. The van der Waals surface area contributed by atoms with Crippen molar-refractivity contribution in [3.8, 4) is 0 Å². The van der Waals surface area contributed by atoms with Crippen molar-refractivity contribution >= 4 is 40.4 Å². The Hall–Kier alpha value is -1.15. The van der Waals surface area contributed by atoms with E-state index in [-0.39, 0.29) is 0 Å². The van der Waals surface area contributed by atoms with Crippen LogP contribution in [0.5, 0.6) is 0 Å². The van der Waals surface area contributed by atoms with Crippen molar-refractivity contribution < 1.29 is 0 Å². The minimum absolute atomic E-state index is 0.408. The van der Waals surface area contributed by atoms with Crippen molar-refractivity contribution in [3.63, 3.8) is 0 Å². The van der Waals surface area contributed by atoms with Crippen LogP contribution in [0.15, 0.2) is 54.6 Å². The van der Waals surface area contributed by atoms with Crippen molar-refractivity contribution in [2.75, 3.05) is 0 Å². The third-order valence-electron chi connectivity index (χ3n) is 2.82. The number of rotatable bonds is 3. The average Bonchev–Trinajstić information content (AvgIpc) is 2.82.